The molecule has 1 aromatic heterocycles. The Morgan fingerprint density at radius 2 is 2.05 bits per heavy atom. The lowest BCUT2D eigenvalue weighted by atomic mass is 10.0. The highest BCUT2D eigenvalue weighted by atomic mass is 35.5. The summed E-state index contributed by atoms with van der Waals surface area (Å²) in [6, 6.07) is 11.0. The van der Waals surface area contributed by atoms with Crippen molar-refractivity contribution in [3.05, 3.63) is 58.9 Å². The largest absolute Gasteiger partial charge is 0.494 e. The quantitative estimate of drug-likeness (QED) is 0.652. The lowest BCUT2D eigenvalue weighted by molar-refractivity contribution is 0.340. The van der Waals surface area contributed by atoms with Crippen LogP contribution in [0, 0.1) is 0 Å². The Kier molecular flexibility index (Phi) is 4.74. The second-order valence-corrected chi connectivity index (χ2v) is 4.38. The average molecular weight is 278 g/mol. The van der Waals surface area contributed by atoms with Gasteiger partial charge in [0, 0.05) is 6.20 Å². The van der Waals surface area contributed by atoms with Gasteiger partial charge in [0.1, 0.15) is 5.75 Å². The summed E-state index contributed by atoms with van der Waals surface area (Å²) in [5.74, 6) is 6.45. The van der Waals surface area contributed by atoms with Crippen LogP contribution in [-0.2, 0) is 0 Å². The molecule has 1 unspecified atom stereocenters. The van der Waals surface area contributed by atoms with Crippen LogP contribution in [0.2, 0.25) is 5.02 Å². The number of hydrazine groups is 1. The number of nitrogens with two attached hydrogens (primary N) is 1. The average Bonchev–Trinajstić information content (AvgIpc) is 2.44. The number of nitrogens with one attached hydrogen (secondary N) is 1. The van der Waals surface area contributed by atoms with Crippen LogP contribution in [0.5, 0.6) is 5.75 Å². The zero-order valence-electron chi connectivity index (χ0n) is 10.6. The molecule has 3 N–H and O–H groups in total. The molecule has 0 aliphatic carbocycles. The SMILES string of the molecule is CCOc1ccc(C(NN)c2ncccc2Cl)cc1. The third-order valence-corrected chi connectivity index (χ3v) is 3.07. The van der Waals surface area contributed by atoms with Crippen molar-refractivity contribution in [2.75, 3.05) is 6.61 Å². The van der Waals surface area contributed by atoms with Crippen molar-refractivity contribution in [1.82, 2.24) is 10.4 Å². The van der Waals surface area contributed by atoms with E-state index < -0.39 is 0 Å². The fourth-order valence-corrected chi connectivity index (χ4v) is 2.10. The van der Waals surface area contributed by atoms with Gasteiger partial charge in [-0.25, -0.2) is 5.43 Å². The number of hydrogen-bond acceptors (Lipinski definition) is 4. The summed E-state index contributed by atoms with van der Waals surface area (Å²) in [6.07, 6.45) is 1.69. The number of aromatic nitrogens is 1. The molecule has 0 saturated heterocycles. The van der Waals surface area contributed by atoms with Gasteiger partial charge in [0.25, 0.3) is 0 Å². The Hall–Kier alpha value is -1.62. The van der Waals surface area contributed by atoms with Gasteiger partial charge in [-0.2, -0.15) is 0 Å². The number of rotatable bonds is 5. The van der Waals surface area contributed by atoms with Crippen LogP contribution in [0.4, 0.5) is 0 Å². The summed E-state index contributed by atoms with van der Waals surface area (Å²) in [5, 5.41) is 0.583. The molecule has 0 aliphatic heterocycles. The molecular formula is C14H16ClN3O. The monoisotopic (exact) mass is 277 g/mol. The fraction of sp³-hybridized carbons (Fsp3) is 0.214. The first kappa shape index (κ1) is 13.8. The highest BCUT2D eigenvalue weighted by molar-refractivity contribution is 6.31. The molecule has 0 fully saturated rings. The first-order valence-corrected chi connectivity index (χ1v) is 6.43. The Morgan fingerprint density at radius 3 is 2.63 bits per heavy atom. The molecule has 1 heterocycles. The Labute approximate surface area is 117 Å². The van der Waals surface area contributed by atoms with Crippen molar-refractivity contribution in [3.63, 3.8) is 0 Å². The molecule has 2 aromatic rings. The summed E-state index contributed by atoms with van der Waals surface area (Å²) >= 11 is 6.15. The number of benzene rings is 1. The highest BCUT2D eigenvalue weighted by Gasteiger charge is 2.16. The minimum atomic E-state index is -0.246. The third kappa shape index (κ3) is 3.23. The molecule has 2 rings (SSSR count). The Morgan fingerprint density at radius 1 is 1.32 bits per heavy atom. The molecule has 0 saturated carbocycles. The molecule has 19 heavy (non-hydrogen) atoms. The summed E-state index contributed by atoms with van der Waals surface area (Å²) in [4.78, 5) is 4.28. The van der Waals surface area contributed by atoms with Gasteiger partial charge in [-0.3, -0.25) is 10.8 Å². The van der Waals surface area contributed by atoms with Crippen molar-refractivity contribution < 1.29 is 4.74 Å². The van der Waals surface area contributed by atoms with E-state index in [4.69, 9.17) is 22.2 Å². The first-order chi connectivity index (χ1) is 9.26. The maximum Gasteiger partial charge on any atom is 0.119 e. The van der Waals surface area contributed by atoms with Gasteiger partial charge in [-0.05, 0) is 36.8 Å². The maximum absolute atomic E-state index is 6.15. The van der Waals surface area contributed by atoms with Crippen LogP contribution < -0.4 is 16.0 Å². The molecule has 0 amide bonds. The van der Waals surface area contributed by atoms with Crippen molar-refractivity contribution in [2.24, 2.45) is 5.84 Å². The van der Waals surface area contributed by atoms with Gasteiger partial charge in [0.2, 0.25) is 0 Å². The minimum Gasteiger partial charge on any atom is -0.494 e. The van der Waals surface area contributed by atoms with Crippen LogP contribution in [0.15, 0.2) is 42.6 Å². The number of ether oxygens (including phenoxy) is 1. The van der Waals surface area contributed by atoms with E-state index in [-0.39, 0.29) is 6.04 Å². The summed E-state index contributed by atoms with van der Waals surface area (Å²) in [7, 11) is 0. The van der Waals surface area contributed by atoms with E-state index >= 15 is 0 Å². The number of pyridine rings is 1. The van der Waals surface area contributed by atoms with Gasteiger partial charge in [0.05, 0.1) is 23.4 Å². The Bertz CT molecular complexity index is 530. The summed E-state index contributed by atoms with van der Waals surface area (Å²) < 4.78 is 5.41. The number of nitrogens with zero attached hydrogens (tertiary/aromatic N) is 1. The lowest BCUT2D eigenvalue weighted by Gasteiger charge is -2.17. The van der Waals surface area contributed by atoms with Crippen molar-refractivity contribution in [1.29, 1.82) is 0 Å². The maximum atomic E-state index is 6.15. The van der Waals surface area contributed by atoms with Crippen LogP contribution in [0.1, 0.15) is 24.2 Å². The number of hydrogen-bond donors (Lipinski definition) is 2. The fourth-order valence-electron chi connectivity index (χ4n) is 1.87. The molecule has 0 aliphatic rings. The van der Waals surface area contributed by atoms with Crippen LogP contribution in [0.3, 0.4) is 0 Å². The van der Waals surface area contributed by atoms with Gasteiger partial charge in [-0.1, -0.05) is 23.7 Å². The number of halogens is 1. The van der Waals surface area contributed by atoms with Gasteiger partial charge < -0.3 is 4.74 Å². The van der Waals surface area contributed by atoms with E-state index in [9.17, 15) is 0 Å². The first-order valence-electron chi connectivity index (χ1n) is 6.05. The summed E-state index contributed by atoms with van der Waals surface area (Å²) in [6.45, 7) is 2.59. The van der Waals surface area contributed by atoms with Crippen LogP contribution in [-0.4, -0.2) is 11.6 Å². The normalized spacial score (nSPS) is 12.2. The second kappa shape index (κ2) is 6.52. The molecule has 1 aromatic carbocycles. The minimum absolute atomic E-state index is 0.246. The zero-order chi connectivity index (χ0) is 13.7. The molecule has 0 bridgehead atoms. The molecule has 0 spiro atoms. The van der Waals surface area contributed by atoms with E-state index in [2.05, 4.69) is 10.4 Å². The van der Waals surface area contributed by atoms with Crippen LogP contribution >= 0.6 is 11.6 Å². The van der Waals surface area contributed by atoms with Crippen molar-refractivity contribution >= 4 is 11.6 Å². The van der Waals surface area contributed by atoms with Gasteiger partial charge >= 0.3 is 0 Å². The molecule has 1 atom stereocenters. The van der Waals surface area contributed by atoms with Crippen molar-refractivity contribution in [3.8, 4) is 5.75 Å². The summed E-state index contributed by atoms with van der Waals surface area (Å²) in [5.41, 5.74) is 4.42. The third-order valence-electron chi connectivity index (χ3n) is 2.75. The predicted molar refractivity (Wildman–Crippen MR) is 76.0 cm³/mol. The molecular weight excluding hydrogens is 262 g/mol. The van der Waals surface area contributed by atoms with E-state index in [0.29, 0.717) is 17.3 Å². The molecule has 5 heteroatoms. The van der Waals surface area contributed by atoms with Crippen LogP contribution in [0.25, 0.3) is 0 Å². The van der Waals surface area contributed by atoms with Crippen molar-refractivity contribution in [2.45, 2.75) is 13.0 Å². The zero-order valence-corrected chi connectivity index (χ0v) is 11.4. The Balaban J connectivity index is 2.29. The van der Waals surface area contributed by atoms with Gasteiger partial charge in [-0.15, -0.1) is 0 Å². The lowest BCUT2D eigenvalue weighted by Crippen LogP contribution is -2.29. The molecule has 0 radical (unpaired) electrons. The topological polar surface area (TPSA) is 60.2 Å². The van der Waals surface area contributed by atoms with E-state index in [0.717, 1.165) is 11.3 Å². The molecule has 100 valence electrons. The van der Waals surface area contributed by atoms with E-state index in [1.807, 2.05) is 31.2 Å². The predicted octanol–water partition coefficient (Wildman–Crippen LogP) is 2.69. The van der Waals surface area contributed by atoms with Gasteiger partial charge in [0.15, 0.2) is 0 Å². The van der Waals surface area contributed by atoms with E-state index in [1.165, 1.54) is 0 Å². The highest BCUT2D eigenvalue weighted by Crippen LogP contribution is 2.26. The second-order valence-electron chi connectivity index (χ2n) is 3.97. The standard InChI is InChI=1S/C14H16ClN3O/c1-2-19-11-7-5-10(6-8-11)13(18-16)14-12(15)4-3-9-17-14/h3-9,13,18H,2,16H2,1H3. The van der Waals surface area contributed by atoms with E-state index in [1.54, 1.807) is 18.3 Å². The smallest absolute Gasteiger partial charge is 0.119 e. The molecule has 4 nitrogen and oxygen atoms in total.